The zero-order valence-electron chi connectivity index (χ0n) is 2.57. The molecule has 0 heterocycles. The van der Waals surface area contributed by atoms with Crippen LogP contribution in [-0.2, 0) is 0 Å². The van der Waals surface area contributed by atoms with E-state index in [9.17, 15) is 0 Å². The molecule has 0 aromatic heterocycles. The van der Waals surface area contributed by atoms with E-state index in [1.165, 1.54) is 0 Å². The van der Waals surface area contributed by atoms with E-state index in [4.69, 9.17) is 5.73 Å². The Kier molecular flexibility index (Phi) is 0.990. The maximum Gasteiger partial charge on any atom is 0.273 e. The molecule has 1 heteroatoms. The highest BCUT2D eigenvalue weighted by Crippen LogP contribution is 1.55. The summed E-state index contributed by atoms with van der Waals surface area (Å²) in [6.45, 7) is 6.61. The lowest BCUT2D eigenvalue weighted by Crippen LogP contribution is -2.08. The van der Waals surface area contributed by atoms with E-state index in [1.807, 2.05) is 0 Å². The number of hydrogen-bond acceptors (Lipinski definition) is 1. The van der Waals surface area contributed by atoms with Crippen LogP contribution in [0.25, 0.3) is 0 Å². The Morgan fingerprint density at radius 2 is 1.50 bits per heavy atom. The van der Waals surface area contributed by atoms with Crippen LogP contribution < -0.4 is 5.73 Å². The van der Waals surface area contributed by atoms with Crippen LogP contribution in [0.4, 0.5) is 0 Å². The van der Waals surface area contributed by atoms with Crippen molar-refractivity contribution in [2.24, 2.45) is 5.73 Å². The zero-order chi connectivity index (χ0) is 3.58. The summed E-state index contributed by atoms with van der Waals surface area (Å²) in [6.07, 6.45) is 0. The Labute approximate surface area is 26.8 Å². The van der Waals surface area contributed by atoms with E-state index in [0.717, 1.165) is 0 Å². The summed E-state index contributed by atoms with van der Waals surface area (Å²) < 4.78 is 0. The molecule has 0 aromatic carbocycles. The smallest absolute Gasteiger partial charge is 0.251 e. The summed E-state index contributed by atoms with van der Waals surface area (Å²) in [7, 11) is 0. The molecule has 0 unspecified atom stereocenters. The van der Waals surface area contributed by atoms with Crippen LogP contribution in [0, 0.1) is 13.8 Å². The van der Waals surface area contributed by atoms with Crippen LogP contribution in [0.5, 0.6) is 0 Å². The fraction of sp³-hybridized carbons (Fsp3) is 0.333. The first kappa shape index (κ1) is 3.70. The first-order chi connectivity index (χ1) is 1.73. The number of hydrogen-bond donors (Lipinski definition) is 1. The van der Waals surface area contributed by atoms with Crippen molar-refractivity contribution >= 4 is 0 Å². The molecule has 0 atom stereocenters. The Bertz CT molecular complexity index is 8.00. The predicted molar refractivity (Wildman–Crippen MR) is 18.7 cm³/mol. The largest absolute Gasteiger partial charge is 0.273 e. The lowest BCUT2D eigenvalue weighted by molar-refractivity contribution is 1.02. The van der Waals surface area contributed by atoms with Crippen molar-refractivity contribution in [1.29, 1.82) is 0 Å². The summed E-state index contributed by atoms with van der Waals surface area (Å²) in [4.78, 5) is 0. The van der Waals surface area contributed by atoms with Gasteiger partial charge in [0.2, 0.25) is 0 Å². The third kappa shape index (κ3) is 9.26. The molecule has 0 saturated heterocycles. The van der Waals surface area contributed by atoms with Gasteiger partial charge in [0.1, 0.15) is 13.8 Å². The fourth-order valence-electron chi connectivity index (χ4n) is 0. The third-order valence-electron chi connectivity index (χ3n) is 0. The van der Waals surface area contributed by atoms with Crippen LogP contribution in [0.15, 0.2) is 0 Å². The highest BCUT2D eigenvalue weighted by Gasteiger charge is 1.88. The summed E-state index contributed by atoms with van der Waals surface area (Å²) in [5, 5.41) is 0. The van der Waals surface area contributed by atoms with Crippen molar-refractivity contribution < 1.29 is 0 Å². The molecule has 4 heavy (non-hydrogen) atoms. The Morgan fingerprint density at radius 1 is 1.50 bits per heavy atom. The number of rotatable bonds is 0. The van der Waals surface area contributed by atoms with Gasteiger partial charge < -0.3 is 0 Å². The van der Waals surface area contributed by atoms with Gasteiger partial charge >= 0.3 is 0 Å². The molecule has 0 aliphatic rings. The number of nitrogens with two attached hydrogens (primary N) is 1. The lowest BCUT2D eigenvalue weighted by Gasteiger charge is -1.61. The minimum atomic E-state index is -0.167. The topological polar surface area (TPSA) is 26.0 Å². The Balaban J connectivity index is 2.32. The van der Waals surface area contributed by atoms with Gasteiger partial charge in [0.15, 0.2) is 0 Å². The summed E-state index contributed by atoms with van der Waals surface area (Å²) in [5.74, 6) is 0. The minimum Gasteiger partial charge on any atom is -0.251 e. The highest BCUT2D eigenvalue weighted by atomic mass is 14.6. The second kappa shape index (κ2) is 1.07. The average Bonchev–Trinajstić information content (AvgIpc) is 0.811. The Hall–Kier alpha value is -0.300. The molecule has 0 fully saturated rings. The van der Waals surface area contributed by atoms with Crippen LogP contribution in [0.1, 0.15) is 0 Å². The standard InChI is InChI=1S/C3H7N/c1-3(2)4/h3H,1-2,4H2/q+2. The second-order valence-electron chi connectivity index (χ2n) is 0.760. The SMILES string of the molecule is [CH2+]C([CH2+])N. The monoisotopic (exact) mass is 57.1 g/mol. The molecule has 0 radical (unpaired) electrons. The van der Waals surface area contributed by atoms with Crippen molar-refractivity contribution in [3.63, 3.8) is 0 Å². The first-order valence-corrected chi connectivity index (χ1v) is 1.15. The summed E-state index contributed by atoms with van der Waals surface area (Å²) >= 11 is 0. The van der Waals surface area contributed by atoms with Gasteiger partial charge in [-0.15, -0.1) is 0 Å². The van der Waals surface area contributed by atoms with Gasteiger partial charge in [-0.1, -0.05) is 0 Å². The van der Waals surface area contributed by atoms with E-state index in [2.05, 4.69) is 13.8 Å². The van der Waals surface area contributed by atoms with Crippen molar-refractivity contribution in [3.05, 3.63) is 13.8 Å². The molecule has 0 aromatic rings. The molecule has 0 saturated carbocycles. The Morgan fingerprint density at radius 3 is 1.50 bits per heavy atom. The predicted octanol–water partition coefficient (Wildman–Crippen LogP) is -0.0181. The maximum atomic E-state index is 4.89. The van der Waals surface area contributed by atoms with E-state index < -0.39 is 0 Å². The molecule has 0 bridgehead atoms. The quantitative estimate of drug-likeness (QED) is 0.388. The molecule has 0 rings (SSSR count). The third-order valence-corrected chi connectivity index (χ3v) is 0. The van der Waals surface area contributed by atoms with Crippen molar-refractivity contribution in [2.75, 3.05) is 0 Å². The zero-order valence-corrected chi connectivity index (χ0v) is 2.57. The van der Waals surface area contributed by atoms with E-state index in [1.54, 1.807) is 0 Å². The first-order valence-electron chi connectivity index (χ1n) is 1.15. The van der Waals surface area contributed by atoms with Gasteiger partial charge in [-0.05, 0) is 0 Å². The van der Waals surface area contributed by atoms with Crippen molar-refractivity contribution in [3.8, 4) is 0 Å². The van der Waals surface area contributed by atoms with Crippen LogP contribution in [0.3, 0.4) is 0 Å². The summed E-state index contributed by atoms with van der Waals surface area (Å²) in [6, 6.07) is -0.167. The van der Waals surface area contributed by atoms with Crippen LogP contribution in [0.2, 0.25) is 0 Å². The molecular formula is C3H7N+2. The molecular weight excluding hydrogens is 50.0 g/mol. The van der Waals surface area contributed by atoms with E-state index >= 15 is 0 Å². The second-order valence-corrected chi connectivity index (χ2v) is 0.760. The van der Waals surface area contributed by atoms with Gasteiger partial charge in [-0.3, -0.25) is 5.73 Å². The maximum absolute atomic E-state index is 4.89. The summed E-state index contributed by atoms with van der Waals surface area (Å²) in [5.41, 5.74) is 4.89. The van der Waals surface area contributed by atoms with Gasteiger partial charge in [0.25, 0.3) is 6.04 Å². The van der Waals surface area contributed by atoms with Crippen LogP contribution in [-0.4, -0.2) is 6.04 Å². The highest BCUT2D eigenvalue weighted by molar-refractivity contribution is 4.62. The van der Waals surface area contributed by atoms with Gasteiger partial charge in [-0.25, -0.2) is 0 Å². The van der Waals surface area contributed by atoms with E-state index in [0.29, 0.717) is 0 Å². The lowest BCUT2D eigenvalue weighted by atomic mass is 10.5. The molecule has 0 spiro atoms. The molecule has 1 nitrogen and oxygen atoms in total. The van der Waals surface area contributed by atoms with E-state index in [-0.39, 0.29) is 6.04 Å². The molecule has 2 N–H and O–H groups in total. The molecule has 22 valence electrons. The van der Waals surface area contributed by atoms with Gasteiger partial charge in [0.05, 0.1) is 0 Å². The fourth-order valence-corrected chi connectivity index (χ4v) is 0. The minimum absolute atomic E-state index is 0.167. The van der Waals surface area contributed by atoms with Gasteiger partial charge in [-0.2, -0.15) is 0 Å². The molecule has 0 aliphatic carbocycles. The molecule has 0 amide bonds. The van der Waals surface area contributed by atoms with Crippen molar-refractivity contribution in [1.82, 2.24) is 0 Å². The average molecular weight is 57.1 g/mol. The normalized spacial score (nSPS) is 8.50. The van der Waals surface area contributed by atoms with Crippen LogP contribution >= 0.6 is 0 Å². The van der Waals surface area contributed by atoms with Crippen molar-refractivity contribution in [2.45, 2.75) is 6.04 Å². The molecule has 0 aliphatic heterocycles. The van der Waals surface area contributed by atoms with Gasteiger partial charge in [0, 0.05) is 0 Å².